The van der Waals surface area contributed by atoms with Crippen molar-refractivity contribution in [3.63, 3.8) is 0 Å². The predicted molar refractivity (Wildman–Crippen MR) is 69.6 cm³/mol. The van der Waals surface area contributed by atoms with Crippen LogP contribution in [0.15, 0.2) is 41.6 Å². The molecule has 3 N–H and O–H groups in total. The number of nitrogens with two attached hydrogens (primary N) is 1. The molecular weight excluding hydrogens is 285 g/mol. The lowest BCUT2D eigenvalue weighted by Gasteiger charge is -2.09. The SMILES string of the molecule is N/C(=N/O)c1cc(F)cc(COc2cccc(F)c2F)c1. The van der Waals surface area contributed by atoms with Crippen molar-refractivity contribution < 1.29 is 23.1 Å². The molecule has 0 aliphatic heterocycles. The molecule has 0 atom stereocenters. The number of nitrogens with zero attached hydrogens (tertiary/aromatic N) is 1. The molecule has 2 rings (SSSR count). The molecule has 7 heteroatoms. The van der Waals surface area contributed by atoms with Crippen LogP contribution in [0.3, 0.4) is 0 Å². The number of oxime groups is 1. The molecule has 0 heterocycles. The van der Waals surface area contributed by atoms with Crippen molar-refractivity contribution >= 4 is 5.84 Å². The van der Waals surface area contributed by atoms with Crippen LogP contribution >= 0.6 is 0 Å². The predicted octanol–water partition coefficient (Wildman–Crippen LogP) is 2.78. The molecule has 0 aromatic heterocycles. The average Bonchev–Trinajstić information content (AvgIpc) is 2.47. The number of hydrogen-bond acceptors (Lipinski definition) is 3. The molecule has 21 heavy (non-hydrogen) atoms. The third-order valence-corrected chi connectivity index (χ3v) is 2.67. The fourth-order valence-corrected chi connectivity index (χ4v) is 1.70. The highest BCUT2D eigenvalue weighted by Crippen LogP contribution is 2.21. The summed E-state index contributed by atoms with van der Waals surface area (Å²) in [6.45, 7) is -0.205. The van der Waals surface area contributed by atoms with Crippen LogP contribution in [0.5, 0.6) is 5.75 Å². The molecule has 0 spiro atoms. The summed E-state index contributed by atoms with van der Waals surface area (Å²) in [5.41, 5.74) is 5.83. The van der Waals surface area contributed by atoms with E-state index in [4.69, 9.17) is 15.7 Å². The number of rotatable bonds is 4. The summed E-state index contributed by atoms with van der Waals surface area (Å²) in [5, 5.41) is 11.3. The number of hydrogen-bond donors (Lipinski definition) is 2. The summed E-state index contributed by atoms with van der Waals surface area (Å²) in [6.07, 6.45) is 0. The molecule has 0 aliphatic rings. The Bertz CT molecular complexity index is 690. The van der Waals surface area contributed by atoms with Crippen LogP contribution in [0.4, 0.5) is 13.2 Å². The summed E-state index contributed by atoms with van der Waals surface area (Å²) >= 11 is 0. The molecule has 0 bridgehead atoms. The highest BCUT2D eigenvalue weighted by molar-refractivity contribution is 5.97. The molecule has 0 saturated carbocycles. The lowest BCUT2D eigenvalue weighted by Crippen LogP contribution is -2.14. The molecule has 4 nitrogen and oxygen atoms in total. The van der Waals surface area contributed by atoms with Gasteiger partial charge in [-0.25, -0.2) is 8.78 Å². The second-order valence-electron chi connectivity index (χ2n) is 4.17. The van der Waals surface area contributed by atoms with Crippen LogP contribution in [-0.4, -0.2) is 11.0 Å². The van der Waals surface area contributed by atoms with Gasteiger partial charge in [-0.2, -0.15) is 4.39 Å². The van der Waals surface area contributed by atoms with Crippen LogP contribution in [0.25, 0.3) is 0 Å². The minimum atomic E-state index is -1.12. The van der Waals surface area contributed by atoms with Crippen molar-refractivity contribution in [2.24, 2.45) is 10.9 Å². The second-order valence-corrected chi connectivity index (χ2v) is 4.17. The van der Waals surface area contributed by atoms with Crippen LogP contribution in [-0.2, 0) is 6.61 Å². The smallest absolute Gasteiger partial charge is 0.200 e. The monoisotopic (exact) mass is 296 g/mol. The Balaban J connectivity index is 2.20. The first-order valence-electron chi connectivity index (χ1n) is 5.85. The second kappa shape index (κ2) is 6.17. The Kier molecular flexibility index (Phi) is 4.32. The van der Waals surface area contributed by atoms with Crippen LogP contribution in [0, 0.1) is 17.5 Å². The molecule has 2 aromatic carbocycles. The van der Waals surface area contributed by atoms with E-state index in [1.807, 2.05) is 0 Å². The number of ether oxygens (including phenoxy) is 1. The molecule has 0 unspecified atom stereocenters. The highest BCUT2D eigenvalue weighted by Gasteiger charge is 2.10. The van der Waals surface area contributed by atoms with Gasteiger partial charge in [-0.15, -0.1) is 0 Å². The summed E-state index contributed by atoms with van der Waals surface area (Å²) in [5.74, 6) is -3.34. The lowest BCUT2D eigenvalue weighted by atomic mass is 10.1. The van der Waals surface area contributed by atoms with Gasteiger partial charge in [-0.1, -0.05) is 11.2 Å². The van der Waals surface area contributed by atoms with Gasteiger partial charge < -0.3 is 15.7 Å². The fourth-order valence-electron chi connectivity index (χ4n) is 1.70. The summed E-state index contributed by atoms with van der Waals surface area (Å²) < 4.78 is 44.9. The Morgan fingerprint density at radius 3 is 2.67 bits per heavy atom. The van der Waals surface area contributed by atoms with Gasteiger partial charge >= 0.3 is 0 Å². The summed E-state index contributed by atoms with van der Waals surface area (Å²) in [7, 11) is 0. The average molecular weight is 296 g/mol. The van der Waals surface area contributed by atoms with E-state index in [0.717, 1.165) is 18.2 Å². The first-order valence-corrected chi connectivity index (χ1v) is 5.85. The third-order valence-electron chi connectivity index (χ3n) is 2.67. The standard InChI is InChI=1S/C14H11F3N2O2/c15-10-5-8(4-9(6-10)14(18)19-20)7-21-12-3-1-2-11(16)13(12)17/h1-6,20H,7H2,(H2,18,19). The van der Waals surface area contributed by atoms with Gasteiger partial charge in [0.05, 0.1) is 0 Å². The van der Waals surface area contributed by atoms with Crippen molar-refractivity contribution in [2.75, 3.05) is 0 Å². The zero-order chi connectivity index (χ0) is 15.4. The van der Waals surface area contributed by atoms with E-state index in [1.54, 1.807) is 0 Å². The molecular formula is C14H11F3N2O2. The topological polar surface area (TPSA) is 67.8 Å². The first-order chi connectivity index (χ1) is 10.0. The zero-order valence-electron chi connectivity index (χ0n) is 10.7. The third kappa shape index (κ3) is 3.44. The van der Waals surface area contributed by atoms with E-state index >= 15 is 0 Å². The maximum absolute atomic E-state index is 13.4. The maximum Gasteiger partial charge on any atom is 0.200 e. The van der Waals surface area contributed by atoms with E-state index in [1.165, 1.54) is 18.2 Å². The van der Waals surface area contributed by atoms with Gasteiger partial charge in [0, 0.05) is 5.56 Å². The van der Waals surface area contributed by atoms with E-state index in [2.05, 4.69) is 5.16 Å². The zero-order valence-corrected chi connectivity index (χ0v) is 10.7. The van der Waals surface area contributed by atoms with Gasteiger partial charge in [-0.05, 0) is 35.9 Å². The summed E-state index contributed by atoms with van der Waals surface area (Å²) in [6, 6.07) is 7.13. The van der Waals surface area contributed by atoms with Gasteiger partial charge in [-0.3, -0.25) is 0 Å². The van der Waals surface area contributed by atoms with E-state index in [-0.39, 0.29) is 23.8 Å². The fraction of sp³-hybridized carbons (Fsp3) is 0.0714. The first kappa shape index (κ1) is 14.7. The Labute approximate surface area is 118 Å². The molecule has 0 aliphatic carbocycles. The van der Waals surface area contributed by atoms with Crippen molar-refractivity contribution in [3.05, 3.63) is 65.0 Å². The number of amidine groups is 1. The molecule has 0 radical (unpaired) electrons. The molecule has 0 amide bonds. The van der Waals surface area contributed by atoms with Crippen LogP contribution in [0.1, 0.15) is 11.1 Å². The summed E-state index contributed by atoms with van der Waals surface area (Å²) in [4.78, 5) is 0. The minimum absolute atomic E-state index is 0.149. The van der Waals surface area contributed by atoms with E-state index < -0.39 is 17.5 Å². The van der Waals surface area contributed by atoms with Crippen molar-refractivity contribution in [3.8, 4) is 5.75 Å². The highest BCUT2D eigenvalue weighted by atomic mass is 19.2. The van der Waals surface area contributed by atoms with Crippen LogP contribution < -0.4 is 10.5 Å². The van der Waals surface area contributed by atoms with Gasteiger partial charge in [0.2, 0.25) is 5.82 Å². The van der Waals surface area contributed by atoms with Crippen molar-refractivity contribution in [2.45, 2.75) is 6.61 Å². The van der Waals surface area contributed by atoms with Crippen molar-refractivity contribution in [1.82, 2.24) is 0 Å². The van der Waals surface area contributed by atoms with Crippen LogP contribution in [0.2, 0.25) is 0 Å². The van der Waals surface area contributed by atoms with E-state index in [9.17, 15) is 13.2 Å². The molecule has 110 valence electrons. The van der Waals surface area contributed by atoms with Crippen molar-refractivity contribution in [1.29, 1.82) is 0 Å². The Morgan fingerprint density at radius 1 is 1.19 bits per heavy atom. The van der Waals surface area contributed by atoms with Gasteiger partial charge in [0.15, 0.2) is 17.4 Å². The number of benzene rings is 2. The number of halogens is 3. The minimum Gasteiger partial charge on any atom is -0.486 e. The molecule has 0 saturated heterocycles. The van der Waals surface area contributed by atoms with E-state index in [0.29, 0.717) is 5.56 Å². The maximum atomic E-state index is 13.4. The Morgan fingerprint density at radius 2 is 1.95 bits per heavy atom. The van der Waals surface area contributed by atoms with Gasteiger partial charge in [0.1, 0.15) is 12.4 Å². The quantitative estimate of drug-likeness (QED) is 0.394. The Hall–Kier alpha value is -2.70. The molecule has 2 aromatic rings. The lowest BCUT2D eigenvalue weighted by molar-refractivity contribution is 0.284. The largest absolute Gasteiger partial charge is 0.486 e. The van der Waals surface area contributed by atoms with Gasteiger partial charge in [0.25, 0.3) is 0 Å². The molecule has 0 fully saturated rings. The normalized spacial score (nSPS) is 11.5.